The third kappa shape index (κ3) is 4.95. The average molecular weight is 500 g/mol. The van der Waals surface area contributed by atoms with Gasteiger partial charge in [-0.1, -0.05) is 32.4 Å². The molecule has 4 heteroatoms. The van der Waals surface area contributed by atoms with Crippen LogP contribution in [-0.2, 0) is 4.79 Å². The third-order valence-electron chi connectivity index (χ3n) is 12.4. The second-order valence-electron chi connectivity index (χ2n) is 14.2. The van der Waals surface area contributed by atoms with Crippen molar-refractivity contribution in [1.29, 1.82) is 0 Å². The molecule has 0 radical (unpaired) electrons. The Kier molecular flexibility index (Phi) is 7.95. The molecular weight excluding hydrogens is 446 g/mol. The molecule has 0 aromatic heterocycles. The Bertz CT molecular complexity index is 824. The topological polar surface area (TPSA) is 69.6 Å². The van der Waals surface area contributed by atoms with E-state index in [1.165, 1.54) is 56.9 Å². The fourth-order valence-electron chi connectivity index (χ4n) is 10.3. The quantitative estimate of drug-likeness (QED) is 0.355. The summed E-state index contributed by atoms with van der Waals surface area (Å²) in [6, 6.07) is 0. The molecule has 4 saturated carbocycles. The predicted octanol–water partition coefficient (Wildman–Crippen LogP) is 6.40. The number of nitrogens with one attached hydrogen (secondary N) is 1. The number of aliphatic hydroxyl groups is 2. The number of amides is 1. The molecule has 10 atom stereocenters. The zero-order chi connectivity index (χ0) is 25.5. The molecule has 1 amide bonds. The molecule has 0 saturated heterocycles. The van der Waals surface area contributed by atoms with Gasteiger partial charge in [-0.25, -0.2) is 0 Å². The summed E-state index contributed by atoms with van der Waals surface area (Å²) in [7, 11) is 0. The third-order valence-corrected chi connectivity index (χ3v) is 12.4. The maximum absolute atomic E-state index is 12.6. The second kappa shape index (κ2) is 10.7. The molecule has 0 aromatic carbocycles. The van der Waals surface area contributed by atoms with E-state index >= 15 is 0 Å². The standard InChI is InChI=1S/C32H53NO3/c1-21(9-12-29(36)33-18-15-22-7-5-4-6-8-22)25-10-11-26-30-27(14-17-32(25,26)3)31(2)16-13-24(34)19-23(31)20-28(30)35/h7,21,23-28,30,34-35H,4-6,8-20H2,1-3H3,(H,33,36)/t21-,23+,24-,25-,26+,27+,28+,30+,31+,32-/m0/s1. The van der Waals surface area contributed by atoms with Crippen LogP contribution in [0.1, 0.15) is 117 Å². The smallest absolute Gasteiger partial charge is 0.220 e. The number of rotatable bonds is 7. The number of carbonyl (C=O) groups excluding carboxylic acids is 1. The lowest BCUT2D eigenvalue weighted by Crippen LogP contribution is -2.58. The minimum absolute atomic E-state index is 0.168. The summed E-state index contributed by atoms with van der Waals surface area (Å²) < 4.78 is 0. The van der Waals surface area contributed by atoms with Crippen LogP contribution in [0, 0.1) is 46.3 Å². The van der Waals surface area contributed by atoms with Crippen LogP contribution < -0.4 is 5.32 Å². The van der Waals surface area contributed by atoms with Crippen LogP contribution in [0.5, 0.6) is 0 Å². The van der Waals surface area contributed by atoms with Gasteiger partial charge in [-0.3, -0.25) is 4.79 Å². The van der Waals surface area contributed by atoms with E-state index in [1.54, 1.807) is 0 Å². The van der Waals surface area contributed by atoms with E-state index in [0.717, 1.165) is 45.1 Å². The molecule has 0 heterocycles. The summed E-state index contributed by atoms with van der Waals surface area (Å²) in [5.41, 5.74) is 2.12. The van der Waals surface area contributed by atoms with Gasteiger partial charge >= 0.3 is 0 Å². The summed E-state index contributed by atoms with van der Waals surface area (Å²) in [6.07, 6.45) is 18.6. The lowest BCUT2D eigenvalue weighted by atomic mass is 9.43. The summed E-state index contributed by atoms with van der Waals surface area (Å²) >= 11 is 0. The van der Waals surface area contributed by atoms with Crippen molar-refractivity contribution in [3.05, 3.63) is 11.6 Å². The van der Waals surface area contributed by atoms with Crippen molar-refractivity contribution in [2.45, 2.75) is 129 Å². The highest BCUT2D eigenvalue weighted by atomic mass is 16.3. The molecule has 5 rings (SSSR count). The molecule has 204 valence electrons. The lowest BCUT2D eigenvalue weighted by Gasteiger charge is -2.62. The van der Waals surface area contributed by atoms with Crippen LogP contribution in [0.15, 0.2) is 11.6 Å². The van der Waals surface area contributed by atoms with E-state index in [0.29, 0.717) is 52.8 Å². The predicted molar refractivity (Wildman–Crippen MR) is 145 cm³/mol. The van der Waals surface area contributed by atoms with Gasteiger partial charge in [-0.05, 0) is 136 Å². The molecule has 36 heavy (non-hydrogen) atoms. The highest BCUT2D eigenvalue weighted by molar-refractivity contribution is 5.75. The van der Waals surface area contributed by atoms with E-state index in [2.05, 4.69) is 32.2 Å². The summed E-state index contributed by atoms with van der Waals surface area (Å²) in [5.74, 6) is 3.56. The van der Waals surface area contributed by atoms with Crippen molar-refractivity contribution in [2.24, 2.45) is 46.3 Å². The minimum atomic E-state index is -0.206. The fraction of sp³-hybridized carbons (Fsp3) is 0.906. The molecular formula is C32H53NO3. The largest absolute Gasteiger partial charge is 0.393 e. The molecule has 0 spiro atoms. The Morgan fingerprint density at radius 2 is 1.83 bits per heavy atom. The van der Waals surface area contributed by atoms with Crippen LogP contribution in [-0.4, -0.2) is 34.9 Å². The van der Waals surface area contributed by atoms with Crippen LogP contribution in [0.4, 0.5) is 0 Å². The normalized spacial score (nSPS) is 45.1. The Morgan fingerprint density at radius 3 is 2.61 bits per heavy atom. The van der Waals surface area contributed by atoms with Crippen molar-refractivity contribution in [2.75, 3.05) is 6.54 Å². The van der Waals surface area contributed by atoms with E-state index in [4.69, 9.17) is 0 Å². The second-order valence-corrected chi connectivity index (χ2v) is 14.2. The molecule has 0 bridgehead atoms. The van der Waals surface area contributed by atoms with E-state index in [-0.39, 0.29) is 18.1 Å². The van der Waals surface area contributed by atoms with Crippen molar-refractivity contribution < 1.29 is 15.0 Å². The average Bonchev–Trinajstić information content (AvgIpc) is 3.21. The first kappa shape index (κ1) is 26.7. The zero-order valence-electron chi connectivity index (χ0n) is 23.3. The van der Waals surface area contributed by atoms with Gasteiger partial charge in [-0.2, -0.15) is 0 Å². The number of hydrogen-bond donors (Lipinski definition) is 3. The number of aliphatic hydroxyl groups excluding tert-OH is 2. The van der Waals surface area contributed by atoms with Gasteiger partial charge in [0.1, 0.15) is 0 Å². The molecule has 5 aliphatic rings. The van der Waals surface area contributed by atoms with Gasteiger partial charge in [0.15, 0.2) is 0 Å². The van der Waals surface area contributed by atoms with Crippen LogP contribution in [0.2, 0.25) is 0 Å². The van der Waals surface area contributed by atoms with Gasteiger partial charge in [0.05, 0.1) is 12.2 Å². The zero-order valence-corrected chi connectivity index (χ0v) is 23.3. The van der Waals surface area contributed by atoms with E-state index in [1.807, 2.05) is 0 Å². The van der Waals surface area contributed by atoms with Gasteiger partial charge in [0.25, 0.3) is 0 Å². The summed E-state index contributed by atoms with van der Waals surface area (Å²) in [6.45, 7) is 8.21. The van der Waals surface area contributed by atoms with Gasteiger partial charge in [0, 0.05) is 13.0 Å². The summed E-state index contributed by atoms with van der Waals surface area (Å²) in [5, 5.41) is 24.9. The maximum Gasteiger partial charge on any atom is 0.220 e. The first-order chi connectivity index (χ1) is 17.2. The van der Waals surface area contributed by atoms with Crippen LogP contribution >= 0.6 is 0 Å². The van der Waals surface area contributed by atoms with Crippen molar-refractivity contribution in [3.63, 3.8) is 0 Å². The van der Waals surface area contributed by atoms with E-state index in [9.17, 15) is 15.0 Å². The van der Waals surface area contributed by atoms with Crippen LogP contribution in [0.25, 0.3) is 0 Å². The first-order valence-corrected chi connectivity index (χ1v) is 15.5. The monoisotopic (exact) mass is 499 g/mol. The Hall–Kier alpha value is -0.870. The Balaban J connectivity index is 1.16. The van der Waals surface area contributed by atoms with E-state index < -0.39 is 0 Å². The number of hydrogen-bond acceptors (Lipinski definition) is 3. The Labute approximate surface area is 220 Å². The highest BCUT2D eigenvalue weighted by Gasteiger charge is 2.62. The van der Waals surface area contributed by atoms with Crippen LogP contribution in [0.3, 0.4) is 0 Å². The molecule has 0 unspecified atom stereocenters. The number of allylic oxidation sites excluding steroid dienone is 1. The molecule has 4 fully saturated rings. The molecule has 4 nitrogen and oxygen atoms in total. The molecule has 5 aliphatic carbocycles. The number of fused-ring (bicyclic) bond motifs is 5. The minimum Gasteiger partial charge on any atom is -0.393 e. The summed E-state index contributed by atoms with van der Waals surface area (Å²) in [4.78, 5) is 12.6. The fourth-order valence-corrected chi connectivity index (χ4v) is 10.3. The molecule has 0 aromatic rings. The molecule has 0 aliphatic heterocycles. The highest BCUT2D eigenvalue weighted by Crippen LogP contribution is 2.68. The lowest BCUT2D eigenvalue weighted by molar-refractivity contribution is -0.174. The van der Waals surface area contributed by atoms with Gasteiger partial charge < -0.3 is 15.5 Å². The maximum atomic E-state index is 12.6. The number of carbonyl (C=O) groups is 1. The van der Waals surface area contributed by atoms with Crippen molar-refractivity contribution >= 4 is 5.91 Å². The van der Waals surface area contributed by atoms with Crippen molar-refractivity contribution in [1.82, 2.24) is 5.32 Å². The molecule has 3 N–H and O–H groups in total. The SMILES string of the molecule is C[C@@H](CCC(=O)NCCC1=CCCCC1)[C@@H]1CC[C@@H]2[C@H]3[C@H](O)C[C@H]4C[C@@H](O)CC[C@@]4(C)[C@@H]3CC[C@]21C. The first-order valence-electron chi connectivity index (χ1n) is 15.5. The van der Waals surface area contributed by atoms with Gasteiger partial charge in [-0.15, -0.1) is 0 Å². The Morgan fingerprint density at radius 1 is 1.06 bits per heavy atom. The van der Waals surface area contributed by atoms with Gasteiger partial charge in [0.2, 0.25) is 5.91 Å². The van der Waals surface area contributed by atoms with Crippen molar-refractivity contribution in [3.8, 4) is 0 Å².